The molecular formula is C23H27F2N5O4S2. The summed E-state index contributed by atoms with van der Waals surface area (Å²) in [6, 6.07) is 3.24. The highest BCUT2D eigenvalue weighted by Gasteiger charge is 2.21. The van der Waals surface area contributed by atoms with Crippen LogP contribution < -0.4 is 10.2 Å². The van der Waals surface area contributed by atoms with E-state index in [1.807, 2.05) is 4.31 Å². The van der Waals surface area contributed by atoms with Crippen molar-refractivity contribution in [1.29, 1.82) is 0 Å². The molecule has 36 heavy (non-hydrogen) atoms. The van der Waals surface area contributed by atoms with Crippen molar-refractivity contribution in [3.8, 4) is 16.3 Å². The standard InChI is InChI=1S/C23H27F2N5O4S2/c1-13(2)6-7-30(8-9-34-3)36-29-22(33)19-21(32)20(31)16(12-26-19)23-28-27-18(35-23)10-14-4-5-15(24)11-17(14)25/h4-5,11-13,32H,6-10H2,1-3H3,(H,26,31)(H,29,33). The number of methoxy groups -OCH3 is 1. The first-order valence-electron chi connectivity index (χ1n) is 11.1. The van der Waals surface area contributed by atoms with E-state index in [1.54, 1.807) is 7.11 Å². The lowest BCUT2D eigenvalue weighted by Gasteiger charge is -2.21. The molecule has 3 rings (SSSR count). The van der Waals surface area contributed by atoms with Crippen molar-refractivity contribution in [2.45, 2.75) is 26.7 Å². The minimum Gasteiger partial charge on any atom is -0.503 e. The predicted molar refractivity (Wildman–Crippen MR) is 135 cm³/mol. The molecular weight excluding hydrogens is 512 g/mol. The number of ether oxygens (including phenoxy) is 1. The van der Waals surface area contributed by atoms with Gasteiger partial charge in [0.15, 0.2) is 16.5 Å². The lowest BCUT2D eigenvalue weighted by molar-refractivity contribution is 0.0974. The summed E-state index contributed by atoms with van der Waals surface area (Å²) in [5.41, 5.74) is -0.840. The summed E-state index contributed by atoms with van der Waals surface area (Å²) in [6.45, 7) is 5.98. The van der Waals surface area contributed by atoms with Crippen molar-refractivity contribution < 1.29 is 23.4 Å². The SMILES string of the molecule is COCCN(CCC(C)C)SNC(=O)c1[nH]cc(-c2nnc(Cc3ccc(F)cc3F)s2)c(=O)c1O. The van der Waals surface area contributed by atoms with E-state index < -0.39 is 28.7 Å². The molecule has 0 aliphatic carbocycles. The number of carbonyl (C=O) groups is 1. The number of nitrogens with zero attached hydrogens (tertiary/aromatic N) is 3. The summed E-state index contributed by atoms with van der Waals surface area (Å²) < 4.78 is 36.7. The lowest BCUT2D eigenvalue weighted by Crippen LogP contribution is -2.30. The molecule has 0 fully saturated rings. The van der Waals surface area contributed by atoms with Crippen LogP contribution in [-0.4, -0.2) is 57.3 Å². The Hall–Kier alpha value is -2.87. The van der Waals surface area contributed by atoms with E-state index >= 15 is 0 Å². The predicted octanol–water partition coefficient (Wildman–Crippen LogP) is 3.76. The number of halogens is 2. The normalized spacial score (nSPS) is 11.4. The zero-order valence-corrected chi connectivity index (χ0v) is 21.6. The Labute approximate surface area is 215 Å². The molecule has 0 spiro atoms. The van der Waals surface area contributed by atoms with Crippen molar-refractivity contribution in [1.82, 2.24) is 24.2 Å². The highest BCUT2D eigenvalue weighted by Crippen LogP contribution is 2.25. The van der Waals surface area contributed by atoms with Crippen molar-refractivity contribution in [3.63, 3.8) is 0 Å². The first-order valence-corrected chi connectivity index (χ1v) is 12.7. The number of hydrogen-bond acceptors (Lipinski definition) is 9. The maximum atomic E-state index is 13.9. The Kier molecular flexibility index (Phi) is 9.93. The maximum Gasteiger partial charge on any atom is 0.282 e. The fourth-order valence-electron chi connectivity index (χ4n) is 3.07. The number of aromatic nitrogens is 3. The second-order valence-electron chi connectivity index (χ2n) is 8.30. The molecule has 2 aromatic heterocycles. The number of nitrogens with one attached hydrogen (secondary N) is 2. The van der Waals surface area contributed by atoms with E-state index in [9.17, 15) is 23.5 Å². The molecule has 3 N–H and O–H groups in total. The second-order valence-corrected chi connectivity index (χ2v) is 10.3. The van der Waals surface area contributed by atoms with Gasteiger partial charge < -0.3 is 14.8 Å². The van der Waals surface area contributed by atoms with Gasteiger partial charge in [-0.1, -0.05) is 31.3 Å². The molecule has 194 valence electrons. The molecule has 3 aromatic rings. The summed E-state index contributed by atoms with van der Waals surface area (Å²) in [5.74, 6) is -2.33. The quantitative estimate of drug-likeness (QED) is 0.298. The van der Waals surface area contributed by atoms with Crippen LogP contribution in [0, 0.1) is 17.6 Å². The summed E-state index contributed by atoms with van der Waals surface area (Å²) in [5, 5.41) is 18.9. The van der Waals surface area contributed by atoms with Gasteiger partial charge in [0, 0.05) is 51.0 Å². The average molecular weight is 540 g/mol. The number of carbonyl (C=O) groups excluding carboxylic acids is 1. The number of rotatable bonds is 12. The fourth-order valence-corrected chi connectivity index (χ4v) is 4.62. The average Bonchev–Trinajstić information content (AvgIpc) is 3.30. The Bertz CT molecular complexity index is 1250. The molecule has 0 aliphatic heterocycles. The Balaban J connectivity index is 1.71. The molecule has 0 atom stereocenters. The van der Waals surface area contributed by atoms with Gasteiger partial charge in [-0.3, -0.25) is 14.3 Å². The smallest absolute Gasteiger partial charge is 0.282 e. The van der Waals surface area contributed by atoms with Crippen LogP contribution in [0.25, 0.3) is 10.6 Å². The van der Waals surface area contributed by atoms with Gasteiger partial charge in [-0.15, -0.1) is 10.2 Å². The van der Waals surface area contributed by atoms with Gasteiger partial charge in [-0.05, 0) is 24.0 Å². The van der Waals surface area contributed by atoms with Crippen LogP contribution in [0.2, 0.25) is 0 Å². The van der Waals surface area contributed by atoms with Gasteiger partial charge in [0.05, 0.1) is 12.2 Å². The van der Waals surface area contributed by atoms with Crippen LogP contribution in [0.5, 0.6) is 5.75 Å². The number of benzene rings is 1. The summed E-state index contributed by atoms with van der Waals surface area (Å²) in [7, 11) is 1.59. The van der Waals surface area contributed by atoms with Crippen LogP contribution in [0.4, 0.5) is 8.78 Å². The van der Waals surface area contributed by atoms with Crippen molar-refractivity contribution in [2.24, 2.45) is 5.92 Å². The number of H-pyrrole nitrogens is 1. The van der Waals surface area contributed by atoms with Crippen molar-refractivity contribution in [2.75, 3.05) is 26.8 Å². The third-order valence-electron chi connectivity index (χ3n) is 5.11. The highest BCUT2D eigenvalue weighted by atomic mass is 32.2. The molecule has 0 aliphatic rings. The topological polar surface area (TPSA) is 120 Å². The monoisotopic (exact) mass is 539 g/mol. The molecule has 0 bridgehead atoms. The Morgan fingerprint density at radius 3 is 2.78 bits per heavy atom. The first kappa shape index (κ1) is 27.7. The van der Waals surface area contributed by atoms with Gasteiger partial charge in [0.25, 0.3) is 5.91 Å². The first-order chi connectivity index (χ1) is 17.2. The zero-order valence-electron chi connectivity index (χ0n) is 20.0. The zero-order chi connectivity index (χ0) is 26.2. The van der Waals surface area contributed by atoms with Gasteiger partial charge in [0.2, 0.25) is 5.43 Å². The summed E-state index contributed by atoms with van der Waals surface area (Å²) >= 11 is 2.10. The second kappa shape index (κ2) is 12.9. The third kappa shape index (κ3) is 7.32. The minimum atomic E-state index is -0.796. The van der Waals surface area contributed by atoms with E-state index in [-0.39, 0.29) is 28.2 Å². The number of pyridine rings is 1. The van der Waals surface area contributed by atoms with Gasteiger partial charge in [-0.2, -0.15) is 0 Å². The number of hydrogen-bond donors (Lipinski definition) is 3. The van der Waals surface area contributed by atoms with E-state index in [1.165, 1.54) is 12.3 Å². The van der Waals surface area contributed by atoms with Crippen LogP contribution in [-0.2, 0) is 11.2 Å². The Morgan fingerprint density at radius 2 is 2.08 bits per heavy atom. The number of aromatic hydroxyl groups is 1. The molecule has 13 heteroatoms. The lowest BCUT2D eigenvalue weighted by atomic mass is 10.1. The summed E-state index contributed by atoms with van der Waals surface area (Å²) in [6.07, 6.45) is 2.24. The summed E-state index contributed by atoms with van der Waals surface area (Å²) in [4.78, 5) is 28.1. The van der Waals surface area contributed by atoms with Crippen LogP contribution in [0.3, 0.4) is 0 Å². The van der Waals surface area contributed by atoms with Crippen molar-refractivity contribution in [3.05, 3.63) is 62.5 Å². The van der Waals surface area contributed by atoms with Crippen LogP contribution in [0.15, 0.2) is 29.2 Å². The molecule has 0 unspecified atom stereocenters. The largest absolute Gasteiger partial charge is 0.503 e. The molecule has 0 saturated heterocycles. The molecule has 9 nitrogen and oxygen atoms in total. The van der Waals surface area contributed by atoms with E-state index in [4.69, 9.17) is 4.74 Å². The molecule has 0 saturated carbocycles. The van der Waals surface area contributed by atoms with Gasteiger partial charge in [0.1, 0.15) is 16.6 Å². The molecule has 2 heterocycles. The third-order valence-corrected chi connectivity index (χ3v) is 6.96. The number of amides is 1. The van der Waals surface area contributed by atoms with Crippen LogP contribution in [0.1, 0.15) is 41.3 Å². The fraction of sp³-hybridized carbons (Fsp3) is 0.391. The van der Waals surface area contributed by atoms with Gasteiger partial charge in [-0.25, -0.2) is 13.1 Å². The maximum absolute atomic E-state index is 13.9. The highest BCUT2D eigenvalue weighted by molar-refractivity contribution is 7.95. The van der Waals surface area contributed by atoms with Gasteiger partial charge >= 0.3 is 0 Å². The van der Waals surface area contributed by atoms with E-state index in [0.29, 0.717) is 30.6 Å². The van der Waals surface area contributed by atoms with E-state index in [2.05, 4.69) is 33.8 Å². The van der Waals surface area contributed by atoms with E-state index in [0.717, 1.165) is 42.0 Å². The van der Waals surface area contributed by atoms with Crippen LogP contribution >= 0.6 is 23.5 Å². The molecule has 1 aromatic carbocycles. The minimum absolute atomic E-state index is 0.0127. The van der Waals surface area contributed by atoms with Crippen molar-refractivity contribution >= 4 is 29.4 Å². The Morgan fingerprint density at radius 1 is 1.31 bits per heavy atom. The number of aromatic amines is 1. The molecule has 0 radical (unpaired) electrons. The molecule has 1 amide bonds.